The molecule has 16 heteroatoms. The van der Waals surface area contributed by atoms with Gasteiger partial charge in [0.2, 0.25) is 29.5 Å². The number of amides is 5. The fourth-order valence-electron chi connectivity index (χ4n) is 4.79. The Hall–Kier alpha value is -4.34. The van der Waals surface area contributed by atoms with E-state index in [-0.39, 0.29) is 56.5 Å². The van der Waals surface area contributed by atoms with Gasteiger partial charge in [-0.15, -0.1) is 0 Å². The van der Waals surface area contributed by atoms with Crippen LogP contribution in [0.4, 0.5) is 0 Å². The van der Waals surface area contributed by atoms with E-state index < -0.39 is 53.8 Å². The highest BCUT2D eigenvalue weighted by atomic mass is 32.1. The highest BCUT2D eigenvalue weighted by Gasteiger charge is 2.39. The zero-order valence-electron chi connectivity index (χ0n) is 25.4. The number of carbonyl (C=O) groups is 6. The topological polar surface area (TPSA) is 238 Å². The zero-order valence-corrected chi connectivity index (χ0v) is 26.3. The third-order valence-electron chi connectivity index (χ3n) is 7.05. The largest absolute Gasteiger partial charge is 0.480 e. The first-order valence-electron chi connectivity index (χ1n) is 14.9. The molecule has 0 unspecified atom stereocenters. The van der Waals surface area contributed by atoms with Crippen LogP contribution in [0.5, 0.6) is 0 Å². The van der Waals surface area contributed by atoms with Gasteiger partial charge >= 0.3 is 5.97 Å². The molecule has 1 aliphatic heterocycles. The quantitative estimate of drug-likeness (QED) is 0.0406. The average molecular weight is 649 g/mol. The second kappa shape index (κ2) is 19.1. The number of aliphatic imine (C=N–C) groups is 1. The Labute approximate surface area is 267 Å². The summed E-state index contributed by atoms with van der Waals surface area (Å²) in [5.74, 6) is -4.14. The van der Waals surface area contributed by atoms with Crippen LogP contribution in [0.25, 0.3) is 0 Å². The van der Waals surface area contributed by atoms with E-state index in [0.29, 0.717) is 25.7 Å². The normalized spacial score (nSPS) is 16.0. The summed E-state index contributed by atoms with van der Waals surface area (Å²) >= 11 is 4.18. The molecule has 15 nitrogen and oxygen atoms in total. The molecular formula is C29H44N8O7S. The Morgan fingerprint density at radius 3 is 2.36 bits per heavy atom. The lowest BCUT2D eigenvalue weighted by molar-refractivity contribution is -0.145. The van der Waals surface area contributed by atoms with Crippen LogP contribution < -0.4 is 32.7 Å². The van der Waals surface area contributed by atoms with Crippen LogP contribution in [0.2, 0.25) is 0 Å². The van der Waals surface area contributed by atoms with Crippen molar-refractivity contribution in [2.75, 3.05) is 25.4 Å². The van der Waals surface area contributed by atoms with Crippen molar-refractivity contribution in [1.82, 2.24) is 26.2 Å². The fraction of sp³-hybridized carbons (Fsp3) is 0.552. The molecule has 2 rings (SSSR count). The van der Waals surface area contributed by atoms with Gasteiger partial charge in [0.15, 0.2) is 5.96 Å². The highest BCUT2D eigenvalue weighted by molar-refractivity contribution is 7.80. The van der Waals surface area contributed by atoms with Crippen LogP contribution in [0.15, 0.2) is 35.3 Å². The van der Waals surface area contributed by atoms with Crippen molar-refractivity contribution in [3.05, 3.63) is 35.9 Å². The van der Waals surface area contributed by atoms with Gasteiger partial charge in [0.1, 0.15) is 24.2 Å². The Morgan fingerprint density at radius 1 is 1.02 bits per heavy atom. The van der Waals surface area contributed by atoms with Crippen molar-refractivity contribution in [3.63, 3.8) is 0 Å². The Balaban J connectivity index is 2.16. The van der Waals surface area contributed by atoms with Crippen LogP contribution in [0.3, 0.4) is 0 Å². The van der Waals surface area contributed by atoms with Gasteiger partial charge in [0.25, 0.3) is 0 Å². The number of likely N-dealkylation sites (tertiary alicyclic amines) is 1. The van der Waals surface area contributed by atoms with Crippen LogP contribution in [-0.4, -0.2) is 101 Å². The molecular weight excluding hydrogens is 604 g/mol. The van der Waals surface area contributed by atoms with Crippen molar-refractivity contribution >= 4 is 54.1 Å². The summed E-state index contributed by atoms with van der Waals surface area (Å²) in [5.41, 5.74) is 11.3. The molecule has 9 N–H and O–H groups in total. The number of thiol groups is 1. The summed E-state index contributed by atoms with van der Waals surface area (Å²) < 4.78 is 0. The van der Waals surface area contributed by atoms with Crippen LogP contribution in [0.1, 0.15) is 51.0 Å². The van der Waals surface area contributed by atoms with E-state index in [2.05, 4.69) is 38.9 Å². The summed E-state index contributed by atoms with van der Waals surface area (Å²) in [4.78, 5) is 81.5. The maximum Gasteiger partial charge on any atom is 0.326 e. The van der Waals surface area contributed by atoms with Crippen molar-refractivity contribution in [2.24, 2.45) is 16.5 Å². The number of carboxylic acid groups (broad SMARTS) is 1. The Morgan fingerprint density at radius 2 is 1.73 bits per heavy atom. The first-order chi connectivity index (χ1) is 21.5. The van der Waals surface area contributed by atoms with Gasteiger partial charge in [0.05, 0.1) is 6.54 Å². The van der Waals surface area contributed by atoms with Gasteiger partial charge in [-0.25, -0.2) is 4.79 Å². The van der Waals surface area contributed by atoms with Gasteiger partial charge in [-0.3, -0.25) is 29.0 Å². The molecule has 0 aromatic heterocycles. The first kappa shape index (κ1) is 36.8. The van der Waals surface area contributed by atoms with E-state index in [4.69, 9.17) is 11.5 Å². The number of nitrogens with zero attached hydrogens (tertiary/aromatic N) is 2. The SMILES string of the molecule is CCCC(=O)NCC(=O)N[C@@H](CS)C(=O)N[C@H](Cc1ccccc1)C(=O)N1CCC[C@H]1C(=O)N[C@@H](CCCN=C(N)N)C(=O)O. The lowest BCUT2D eigenvalue weighted by Gasteiger charge is -2.30. The van der Waals surface area contributed by atoms with E-state index in [0.717, 1.165) is 5.56 Å². The number of rotatable bonds is 18. The highest BCUT2D eigenvalue weighted by Crippen LogP contribution is 2.20. The van der Waals surface area contributed by atoms with Gasteiger partial charge in [-0.05, 0) is 37.7 Å². The first-order valence-corrected chi connectivity index (χ1v) is 15.5. The summed E-state index contributed by atoms with van der Waals surface area (Å²) in [5, 5.41) is 19.9. The molecule has 45 heavy (non-hydrogen) atoms. The minimum atomic E-state index is -1.23. The average Bonchev–Trinajstić information content (AvgIpc) is 3.50. The van der Waals surface area contributed by atoms with E-state index in [1.165, 1.54) is 4.90 Å². The molecule has 1 aromatic carbocycles. The number of aliphatic carboxylic acids is 1. The number of hydrogen-bond acceptors (Lipinski definition) is 8. The van der Waals surface area contributed by atoms with Gasteiger partial charge in [0, 0.05) is 31.7 Å². The fourth-order valence-corrected chi connectivity index (χ4v) is 5.05. The number of benzene rings is 1. The maximum absolute atomic E-state index is 13.9. The Kier molecular flexibility index (Phi) is 15.7. The van der Waals surface area contributed by atoms with E-state index in [1.807, 2.05) is 13.0 Å². The van der Waals surface area contributed by atoms with Crippen molar-refractivity contribution in [1.29, 1.82) is 0 Å². The number of carboxylic acids is 1. The molecule has 248 valence electrons. The van der Waals surface area contributed by atoms with Crippen LogP contribution in [0, 0.1) is 0 Å². The molecule has 5 amide bonds. The third-order valence-corrected chi connectivity index (χ3v) is 7.42. The van der Waals surface area contributed by atoms with Crippen LogP contribution >= 0.6 is 12.6 Å². The molecule has 0 bridgehead atoms. The number of carbonyl (C=O) groups excluding carboxylic acids is 5. The number of guanidine groups is 1. The van der Waals surface area contributed by atoms with Crippen LogP contribution in [-0.2, 0) is 35.2 Å². The molecule has 0 spiro atoms. The summed E-state index contributed by atoms with van der Waals surface area (Å²) in [6, 6.07) is 4.58. The summed E-state index contributed by atoms with van der Waals surface area (Å²) in [7, 11) is 0. The molecule has 1 aliphatic rings. The minimum absolute atomic E-state index is 0.0737. The van der Waals surface area contributed by atoms with Crippen molar-refractivity contribution in [2.45, 2.75) is 76.0 Å². The van der Waals surface area contributed by atoms with Crippen molar-refractivity contribution in [3.8, 4) is 0 Å². The standard InChI is InChI=1S/C29H44N8O7S/c1-2-8-23(38)33-16-24(39)34-21(17-45)25(40)36-20(15-18-9-4-3-5-10-18)27(42)37-14-7-12-22(37)26(41)35-19(28(43)44)11-6-13-32-29(30)31/h3-5,9-10,19-22,45H,2,6-8,11-17H2,1H3,(H,33,38)(H,34,39)(H,35,41)(H,36,40)(H,43,44)(H4,30,31,32)/t19-,20+,21-,22-/m0/s1. The van der Waals surface area contributed by atoms with Gasteiger partial charge in [-0.2, -0.15) is 12.6 Å². The molecule has 0 aliphatic carbocycles. The van der Waals surface area contributed by atoms with Gasteiger partial charge < -0.3 is 42.7 Å². The molecule has 1 heterocycles. The molecule has 4 atom stereocenters. The molecule has 1 aromatic rings. The van der Waals surface area contributed by atoms with Crippen molar-refractivity contribution < 1.29 is 33.9 Å². The molecule has 0 saturated carbocycles. The summed E-state index contributed by atoms with van der Waals surface area (Å²) in [6.07, 6.45) is 2.16. The lowest BCUT2D eigenvalue weighted by Crippen LogP contribution is -2.58. The predicted octanol–water partition coefficient (Wildman–Crippen LogP) is -1.34. The smallest absolute Gasteiger partial charge is 0.326 e. The van der Waals surface area contributed by atoms with Gasteiger partial charge in [-0.1, -0.05) is 37.3 Å². The van der Waals surface area contributed by atoms with E-state index in [9.17, 15) is 33.9 Å². The molecule has 1 saturated heterocycles. The number of nitrogens with one attached hydrogen (secondary N) is 4. The zero-order chi connectivity index (χ0) is 33.4. The molecule has 1 fully saturated rings. The second-order valence-corrected chi connectivity index (χ2v) is 11.0. The summed E-state index contributed by atoms with van der Waals surface area (Å²) in [6.45, 7) is 1.93. The number of nitrogens with two attached hydrogens (primary N) is 2. The molecule has 0 radical (unpaired) electrons. The lowest BCUT2D eigenvalue weighted by atomic mass is 10.0. The Bertz CT molecular complexity index is 1210. The monoisotopic (exact) mass is 648 g/mol. The van der Waals surface area contributed by atoms with E-state index in [1.54, 1.807) is 24.3 Å². The maximum atomic E-state index is 13.9. The predicted molar refractivity (Wildman–Crippen MR) is 170 cm³/mol. The van der Waals surface area contributed by atoms with E-state index >= 15 is 0 Å². The second-order valence-electron chi connectivity index (χ2n) is 10.6. The third kappa shape index (κ3) is 12.7. The number of hydrogen-bond donors (Lipinski definition) is 8. The minimum Gasteiger partial charge on any atom is -0.480 e.